The maximum atomic E-state index is 12.2. The molecule has 118 valence electrons. The first kappa shape index (κ1) is 17.7. The minimum atomic E-state index is -0.00525. The Morgan fingerprint density at radius 3 is 2.55 bits per heavy atom. The highest BCUT2D eigenvalue weighted by Gasteiger charge is 2.32. The van der Waals surface area contributed by atoms with Crippen LogP contribution < -0.4 is 10.6 Å². The number of carbonyl (C=O) groups is 1. The first-order valence-corrected chi connectivity index (χ1v) is 7.32. The molecule has 0 aromatic rings. The lowest BCUT2D eigenvalue weighted by Gasteiger charge is -2.41. The number of rotatable bonds is 4. The molecule has 0 bridgehead atoms. The third-order valence-electron chi connectivity index (χ3n) is 4.42. The Kier molecular flexibility index (Phi) is 6.72. The van der Waals surface area contributed by atoms with Crippen LogP contribution in [0, 0.1) is 11.8 Å². The van der Waals surface area contributed by atoms with Crippen LogP contribution in [-0.4, -0.2) is 62.3 Å². The maximum Gasteiger partial charge on any atom is 0.224 e. The van der Waals surface area contributed by atoms with Crippen molar-refractivity contribution in [3.63, 3.8) is 0 Å². The van der Waals surface area contributed by atoms with Crippen molar-refractivity contribution in [2.75, 3.05) is 45.9 Å². The topological polar surface area (TPSA) is 53.6 Å². The lowest BCUT2D eigenvalue weighted by Crippen LogP contribution is -2.56. The molecular formula is C14H28ClN3O2. The van der Waals surface area contributed by atoms with Gasteiger partial charge in [0.2, 0.25) is 5.91 Å². The number of halogens is 1. The third-order valence-corrected chi connectivity index (χ3v) is 4.42. The minimum absolute atomic E-state index is 0. The third kappa shape index (κ3) is 4.32. The van der Waals surface area contributed by atoms with Gasteiger partial charge in [-0.2, -0.15) is 0 Å². The number of nitrogens with zero attached hydrogens (tertiary/aromatic N) is 1. The van der Waals surface area contributed by atoms with Crippen LogP contribution in [0.25, 0.3) is 0 Å². The van der Waals surface area contributed by atoms with Gasteiger partial charge in [-0.1, -0.05) is 6.92 Å². The summed E-state index contributed by atoms with van der Waals surface area (Å²) in [5.41, 5.74) is -0.00525. The normalized spacial score (nSPS) is 27.9. The van der Waals surface area contributed by atoms with E-state index in [1.165, 1.54) is 0 Å². The summed E-state index contributed by atoms with van der Waals surface area (Å²) in [5.74, 6) is 0.755. The van der Waals surface area contributed by atoms with Gasteiger partial charge < -0.3 is 15.4 Å². The van der Waals surface area contributed by atoms with Crippen LogP contribution in [0.15, 0.2) is 0 Å². The lowest BCUT2D eigenvalue weighted by atomic mass is 9.96. The summed E-state index contributed by atoms with van der Waals surface area (Å²) in [4.78, 5) is 14.6. The summed E-state index contributed by atoms with van der Waals surface area (Å²) in [6, 6.07) is 0. The molecule has 0 aliphatic carbocycles. The second-order valence-electron chi connectivity index (χ2n) is 6.37. The van der Waals surface area contributed by atoms with Gasteiger partial charge >= 0.3 is 0 Å². The summed E-state index contributed by atoms with van der Waals surface area (Å²) < 4.78 is 5.38. The van der Waals surface area contributed by atoms with Crippen molar-refractivity contribution in [2.45, 2.75) is 26.3 Å². The van der Waals surface area contributed by atoms with E-state index in [1.54, 1.807) is 0 Å². The van der Waals surface area contributed by atoms with Gasteiger partial charge in [-0.25, -0.2) is 0 Å². The number of ether oxygens (including phenoxy) is 1. The molecule has 6 heteroatoms. The molecule has 0 unspecified atom stereocenters. The predicted molar refractivity (Wildman–Crippen MR) is 82.3 cm³/mol. The summed E-state index contributed by atoms with van der Waals surface area (Å²) in [7, 11) is 0. The number of carbonyl (C=O) groups excluding carboxylic acids is 1. The van der Waals surface area contributed by atoms with E-state index >= 15 is 0 Å². The van der Waals surface area contributed by atoms with Crippen molar-refractivity contribution < 1.29 is 9.53 Å². The Bertz CT molecular complexity index is 320. The zero-order valence-corrected chi connectivity index (χ0v) is 13.6. The number of morpholine rings is 1. The molecule has 2 atom stereocenters. The monoisotopic (exact) mass is 305 g/mol. The van der Waals surface area contributed by atoms with E-state index in [1.807, 2.05) is 0 Å². The molecule has 0 aromatic carbocycles. The van der Waals surface area contributed by atoms with Gasteiger partial charge in [0.15, 0.2) is 0 Å². The number of hydrogen-bond acceptors (Lipinski definition) is 4. The molecule has 2 N–H and O–H groups in total. The predicted octanol–water partition coefficient (Wildman–Crippen LogP) is 0.491. The molecule has 2 heterocycles. The molecule has 0 saturated carbocycles. The second-order valence-corrected chi connectivity index (χ2v) is 6.37. The highest BCUT2D eigenvalue weighted by molar-refractivity contribution is 5.85. The smallest absolute Gasteiger partial charge is 0.224 e. The van der Waals surface area contributed by atoms with Gasteiger partial charge in [-0.05, 0) is 26.3 Å². The molecule has 5 nitrogen and oxygen atoms in total. The van der Waals surface area contributed by atoms with Gasteiger partial charge in [0, 0.05) is 31.7 Å². The molecule has 2 aliphatic heterocycles. The van der Waals surface area contributed by atoms with E-state index < -0.39 is 0 Å². The van der Waals surface area contributed by atoms with Gasteiger partial charge in [0.05, 0.1) is 19.1 Å². The number of nitrogens with one attached hydrogen (secondary N) is 2. The van der Waals surface area contributed by atoms with Crippen LogP contribution in [0.3, 0.4) is 0 Å². The molecular weight excluding hydrogens is 278 g/mol. The standard InChI is InChI=1S/C14H27N3O2.ClH/c1-11-8-15-9-12(11)13(18)16-10-14(2,3)17-4-6-19-7-5-17;/h11-12,15H,4-10H2,1-3H3,(H,16,18);1H/t11-,12-;/m1./s1. The van der Waals surface area contributed by atoms with Crippen LogP contribution in [0.4, 0.5) is 0 Å². The van der Waals surface area contributed by atoms with Crippen molar-refractivity contribution in [1.29, 1.82) is 0 Å². The van der Waals surface area contributed by atoms with Crippen LogP contribution in [0.2, 0.25) is 0 Å². The van der Waals surface area contributed by atoms with Gasteiger partial charge in [-0.3, -0.25) is 9.69 Å². The van der Waals surface area contributed by atoms with Crippen LogP contribution in [0.5, 0.6) is 0 Å². The van der Waals surface area contributed by atoms with E-state index in [-0.39, 0.29) is 29.8 Å². The Hall–Kier alpha value is -0.360. The van der Waals surface area contributed by atoms with E-state index in [2.05, 4.69) is 36.3 Å². The molecule has 1 amide bonds. The molecule has 0 spiro atoms. The quantitative estimate of drug-likeness (QED) is 0.794. The van der Waals surface area contributed by atoms with Crippen LogP contribution in [-0.2, 0) is 9.53 Å². The Balaban J connectivity index is 0.00000200. The average molecular weight is 306 g/mol. The summed E-state index contributed by atoms with van der Waals surface area (Å²) in [6.07, 6.45) is 0. The van der Waals surface area contributed by atoms with E-state index in [4.69, 9.17) is 4.74 Å². The van der Waals surface area contributed by atoms with Gasteiger partial charge in [-0.15, -0.1) is 12.4 Å². The molecule has 2 fully saturated rings. The van der Waals surface area contributed by atoms with Crippen molar-refractivity contribution in [1.82, 2.24) is 15.5 Å². The van der Waals surface area contributed by atoms with E-state index in [0.717, 1.165) is 39.4 Å². The molecule has 0 aromatic heterocycles. The summed E-state index contributed by atoms with van der Waals surface area (Å²) >= 11 is 0. The first-order valence-electron chi connectivity index (χ1n) is 7.32. The molecule has 2 aliphatic rings. The molecule has 0 radical (unpaired) electrons. The summed E-state index contributed by atoms with van der Waals surface area (Å²) in [6.45, 7) is 12.5. The Morgan fingerprint density at radius 2 is 2.00 bits per heavy atom. The van der Waals surface area contributed by atoms with E-state index in [0.29, 0.717) is 12.5 Å². The van der Waals surface area contributed by atoms with Crippen molar-refractivity contribution in [3.8, 4) is 0 Å². The average Bonchev–Trinajstić information content (AvgIpc) is 2.83. The fraction of sp³-hybridized carbons (Fsp3) is 0.929. The largest absolute Gasteiger partial charge is 0.379 e. The van der Waals surface area contributed by atoms with Crippen molar-refractivity contribution in [2.24, 2.45) is 11.8 Å². The highest BCUT2D eigenvalue weighted by atomic mass is 35.5. The zero-order valence-electron chi connectivity index (χ0n) is 12.8. The summed E-state index contributed by atoms with van der Waals surface area (Å²) in [5, 5.41) is 6.41. The van der Waals surface area contributed by atoms with Crippen LogP contribution in [0.1, 0.15) is 20.8 Å². The number of amides is 1. The molecule has 20 heavy (non-hydrogen) atoms. The minimum Gasteiger partial charge on any atom is -0.379 e. The molecule has 2 rings (SSSR count). The fourth-order valence-corrected chi connectivity index (χ4v) is 2.88. The lowest BCUT2D eigenvalue weighted by molar-refractivity contribution is -0.126. The van der Waals surface area contributed by atoms with Gasteiger partial charge in [0.1, 0.15) is 0 Å². The van der Waals surface area contributed by atoms with Gasteiger partial charge in [0.25, 0.3) is 0 Å². The fourth-order valence-electron chi connectivity index (χ4n) is 2.88. The van der Waals surface area contributed by atoms with Crippen LogP contribution >= 0.6 is 12.4 Å². The Morgan fingerprint density at radius 1 is 1.35 bits per heavy atom. The molecule has 2 saturated heterocycles. The number of hydrogen-bond donors (Lipinski definition) is 2. The first-order chi connectivity index (χ1) is 9.00. The highest BCUT2D eigenvalue weighted by Crippen LogP contribution is 2.18. The second kappa shape index (κ2) is 7.59. The van der Waals surface area contributed by atoms with Crippen molar-refractivity contribution >= 4 is 18.3 Å². The maximum absolute atomic E-state index is 12.2. The SMILES string of the molecule is C[C@@H]1CNC[C@H]1C(=O)NCC(C)(C)N1CCOCC1.Cl. The Labute approximate surface area is 128 Å². The zero-order chi connectivity index (χ0) is 13.9. The van der Waals surface area contributed by atoms with Crippen molar-refractivity contribution in [3.05, 3.63) is 0 Å². The van der Waals surface area contributed by atoms with E-state index in [9.17, 15) is 4.79 Å².